The number of carbonyl (C=O) groups excluding carboxylic acids is 2. The monoisotopic (exact) mass is 596 g/mol. The molecule has 1 aliphatic rings. The van der Waals surface area contributed by atoms with Crippen LogP contribution >= 0.6 is 11.9 Å². The molecule has 1 fully saturated rings. The summed E-state index contributed by atoms with van der Waals surface area (Å²) in [6.07, 6.45) is 0.642. The second-order valence-electron chi connectivity index (χ2n) is 10.6. The van der Waals surface area contributed by atoms with Crippen LogP contribution in [-0.2, 0) is 16.0 Å². The first-order chi connectivity index (χ1) is 20.8. The topological polar surface area (TPSA) is 167 Å². The number of amidine groups is 1. The maximum Gasteiger partial charge on any atom is 0.241 e. The van der Waals surface area contributed by atoms with Gasteiger partial charge in [0.2, 0.25) is 11.8 Å². The number of amides is 2. The van der Waals surface area contributed by atoms with Gasteiger partial charge in [-0.3, -0.25) is 20.0 Å². The quantitative estimate of drug-likeness (QED) is 0.0812. The lowest BCUT2D eigenvalue weighted by Crippen LogP contribution is -2.55. The Hall–Kier alpha value is -4.61. The fourth-order valence-electron chi connectivity index (χ4n) is 5.24. The summed E-state index contributed by atoms with van der Waals surface area (Å²) in [5.41, 5.74) is 18.0. The van der Waals surface area contributed by atoms with Crippen molar-refractivity contribution in [2.24, 2.45) is 22.2 Å². The molecule has 8 N–H and O–H groups in total. The smallest absolute Gasteiger partial charge is 0.241 e. The Morgan fingerprint density at radius 2 is 1.51 bits per heavy atom. The van der Waals surface area contributed by atoms with Crippen molar-refractivity contribution in [2.45, 2.75) is 23.8 Å². The van der Waals surface area contributed by atoms with Crippen molar-refractivity contribution in [3.63, 3.8) is 0 Å². The third-order valence-electron chi connectivity index (χ3n) is 7.54. The van der Waals surface area contributed by atoms with Crippen LogP contribution in [0.5, 0.6) is 0 Å². The van der Waals surface area contributed by atoms with Crippen molar-refractivity contribution in [1.29, 1.82) is 5.41 Å². The molecule has 11 heteroatoms. The Bertz CT molecular complexity index is 1680. The van der Waals surface area contributed by atoms with Crippen LogP contribution in [0.4, 0.5) is 0 Å². The number of nitrogens with one attached hydrogen (secondary N) is 2. The van der Waals surface area contributed by atoms with E-state index >= 15 is 0 Å². The van der Waals surface area contributed by atoms with E-state index in [4.69, 9.17) is 22.6 Å². The molecule has 1 aliphatic heterocycles. The SMILES string of the molecule is N=C(N)c1cccc(C[C@H](NSc2ccc3cc4ccccc4cc3c2)C(=O)N2CCN(C(=O)CCN=C(N)N)CC2)c1. The fourth-order valence-corrected chi connectivity index (χ4v) is 6.02. The van der Waals surface area contributed by atoms with Crippen LogP contribution in [0.25, 0.3) is 21.5 Å². The van der Waals surface area contributed by atoms with E-state index in [0.717, 1.165) is 21.2 Å². The highest BCUT2D eigenvalue weighted by molar-refractivity contribution is 7.97. The summed E-state index contributed by atoms with van der Waals surface area (Å²) in [7, 11) is 0. The van der Waals surface area contributed by atoms with Crippen LogP contribution in [0.3, 0.4) is 0 Å². The molecule has 2 amide bonds. The van der Waals surface area contributed by atoms with Gasteiger partial charge < -0.3 is 27.0 Å². The molecule has 5 rings (SSSR count). The molecule has 1 heterocycles. The molecule has 0 spiro atoms. The largest absolute Gasteiger partial charge is 0.384 e. The van der Waals surface area contributed by atoms with Gasteiger partial charge in [-0.2, -0.15) is 0 Å². The van der Waals surface area contributed by atoms with Gasteiger partial charge in [-0.1, -0.05) is 48.5 Å². The number of hydrogen-bond donors (Lipinski definition) is 5. The number of rotatable bonds is 10. The van der Waals surface area contributed by atoms with E-state index < -0.39 is 6.04 Å². The number of benzene rings is 4. The van der Waals surface area contributed by atoms with Crippen molar-refractivity contribution < 1.29 is 9.59 Å². The average molecular weight is 597 g/mol. The first kappa shape index (κ1) is 29.9. The summed E-state index contributed by atoms with van der Waals surface area (Å²) in [5, 5.41) is 12.5. The average Bonchev–Trinajstić information content (AvgIpc) is 3.01. The zero-order valence-corrected chi connectivity index (χ0v) is 24.6. The summed E-state index contributed by atoms with van der Waals surface area (Å²) in [6.45, 7) is 2.02. The third-order valence-corrected chi connectivity index (χ3v) is 8.43. The molecule has 0 unspecified atom stereocenters. The van der Waals surface area contributed by atoms with Gasteiger partial charge in [0.25, 0.3) is 0 Å². The van der Waals surface area contributed by atoms with Gasteiger partial charge in [0, 0.05) is 43.1 Å². The number of hydrogen-bond acceptors (Lipinski definition) is 6. The van der Waals surface area contributed by atoms with Crippen LogP contribution in [0.15, 0.2) is 88.8 Å². The predicted molar refractivity (Wildman–Crippen MR) is 174 cm³/mol. The Morgan fingerprint density at radius 3 is 2.21 bits per heavy atom. The Labute approximate surface area is 254 Å². The molecule has 10 nitrogen and oxygen atoms in total. The number of nitrogen functional groups attached to an aromatic ring is 1. The molecule has 0 aliphatic carbocycles. The number of piperazine rings is 1. The highest BCUT2D eigenvalue weighted by atomic mass is 32.2. The van der Waals surface area contributed by atoms with Crippen molar-refractivity contribution >= 4 is 57.1 Å². The van der Waals surface area contributed by atoms with Gasteiger partial charge in [0.05, 0.1) is 6.54 Å². The van der Waals surface area contributed by atoms with E-state index in [1.807, 2.05) is 30.3 Å². The highest BCUT2D eigenvalue weighted by Gasteiger charge is 2.29. The van der Waals surface area contributed by atoms with Crippen LogP contribution in [0, 0.1) is 5.41 Å². The van der Waals surface area contributed by atoms with Gasteiger partial charge in [0.1, 0.15) is 11.9 Å². The minimum atomic E-state index is -0.538. The number of nitrogens with zero attached hydrogens (tertiary/aromatic N) is 3. The summed E-state index contributed by atoms with van der Waals surface area (Å²) in [5.74, 6) is -0.130. The lowest BCUT2D eigenvalue weighted by Gasteiger charge is -2.36. The Morgan fingerprint density at radius 1 is 0.837 bits per heavy atom. The molecular formula is C32H36N8O2S. The third kappa shape index (κ3) is 7.62. The van der Waals surface area contributed by atoms with Crippen LogP contribution < -0.4 is 21.9 Å². The standard InChI is InChI=1S/C32H36N8O2S/c33-30(34)25-7-3-4-21(16-25)17-28(31(42)40-14-12-39(13-15-40)29(41)10-11-37-32(35)36)38-43-27-9-8-24-18-22-5-1-2-6-23(22)19-26(24)20-27/h1-9,16,18-20,28,38H,10-15,17H2,(H3,33,34)(H4,35,36,37)/t28-/m0/s1. The van der Waals surface area contributed by atoms with Crippen molar-refractivity contribution in [2.75, 3.05) is 32.7 Å². The van der Waals surface area contributed by atoms with Crippen LogP contribution in [-0.4, -0.2) is 72.2 Å². The van der Waals surface area contributed by atoms with Crippen molar-refractivity contribution in [1.82, 2.24) is 14.5 Å². The number of fused-ring (bicyclic) bond motifs is 2. The number of aliphatic imine (C=N–C) groups is 1. The van der Waals surface area contributed by atoms with Crippen molar-refractivity contribution in [3.8, 4) is 0 Å². The maximum absolute atomic E-state index is 13.9. The molecular weight excluding hydrogens is 560 g/mol. The zero-order chi connectivity index (χ0) is 30.3. The van der Waals surface area contributed by atoms with Crippen LogP contribution in [0.1, 0.15) is 17.5 Å². The van der Waals surface area contributed by atoms with E-state index in [0.29, 0.717) is 38.2 Å². The van der Waals surface area contributed by atoms with E-state index in [1.54, 1.807) is 15.9 Å². The Kier molecular flexibility index (Phi) is 9.43. The first-order valence-electron chi connectivity index (χ1n) is 14.2. The second-order valence-corrected chi connectivity index (χ2v) is 11.5. The fraction of sp³-hybridized carbons (Fsp3) is 0.250. The van der Waals surface area contributed by atoms with Crippen LogP contribution in [0.2, 0.25) is 0 Å². The summed E-state index contributed by atoms with van der Waals surface area (Å²) >= 11 is 1.43. The summed E-state index contributed by atoms with van der Waals surface area (Å²) in [4.78, 5) is 34.9. The normalized spacial score (nSPS) is 14.0. The number of nitrogens with two attached hydrogens (primary N) is 3. The minimum Gasteiger partial charge on any atom is -0.384 e. The predicted octanol–water partition coefficient (Wildman–Crippen LogP) is 2.82. The van der Waals surface area contributed by atoms with E-state index in [2.05, 4.69) is 52.2 Å². The molecule has 0 aromatic heterocycles. The van der Waals surface area contributed by atoms with Gasteiger partial charge >= 0.3 is 0 Å². The molecule has 4 aromatic rings. The van der Waals surface area contributed by atoms with Gasteiger partial charge in [-0.25, -0.2) is 4.72 Å². The molecule has 222 valence electrons. The first-order valence-corrected chi connectivity index (χ1v) is 15.0. The molecule has 1 saturated heterocycles. The van der Waals surface area contributed by atoms with E-state index in [1.165, 1.54) is 22.7 Å². The molecule has 0 bridgehead atoms. The zero-order valence-electron chi connectivity index (χ0n) is 23.8. The van der Waals surface area contributed by atoms with Gasteiger partial charge in [0.15, 0.2) is 5.96 Å². The van der Waals surface area contributed by atoms with Crippen molar-refractivity contribution in [3.05, 3.63) is 90.0 Å². The molecule has 0 radical (unpaired) electrons. The minimum absolute atomic E-state index is 0.0172. The summed E-state index contributed by atoms with van der Waals surface area (Å²) in [6, 6.07) is 25.8. The summed E-state index contributed by atoms with van der Waals surface area (Å²) < 4.78 is 3.43. The molecule has 4 aromatic carbocycles. The number of carbonyl (C=O) groups is 2. The Balaban J connectivity index is 1.30. The number of guanidine groups is 1. The molecule has 1 atom stereocenters. The lowest BCUT2D eigenvalue weighted by molar-refractivity contribution is -0.140. The lowest BCUT2D eigenvalue weighted by atomic mass is 10.0. The van der Waals surface area contributed by atoms with Gasteiger partial charge in [-0.05, 0) is 75.8 Å². The molecule has 0 saturated carbocycles. The molecule has 43 heavy (non-hydrogen) atoms. The van der Waals surface area contributed by atoms with E-state index in [9.17, 15) is 9.59 Å². The van der Waals surface area contributed by atoms with E-state index in [-0.39, 0.29) is 36.6 Å². The second kappa shape index (κ2) is 13.6. The maximum atomic E-state index is 13.9. The highest BCUT2D eigenvalue weighted by Crippen LogP contribution is 2.27. The van der Waals surface area contributed by atoms with Gasteiger partial charge in [-0.15, -0.1) is 0 Å².